The molecule has 3 nitrogen and oxygen atoms in total. The average molecular weight is 712 g/mol. The van der Waals surface area contributed by atoms with Crippen LogP contribution in [0.5, 0.6) is 0 Å². The van der Waals surface area contributed by atoms with Crippen LogP contribution in [-0.4, -0.2) is 15.0 Å². The van der Waals surface area contributed by atoms with Gasteiger partial charge in [-0.25, -0.2) is 15.0 Å². The Hall–Kier alpha value is -7.49. The first-order valence-corrected chi connectivity index (χ1v) is 19.0. The molecule has 0 N–H and O–H groups in total. The molecule has 11 rings (SSSR count). The number of aromatic nitrogens is 3. The van der Waals surface area contributed by atoms with E-state index in [0.29, 0.717) is 5.82 Å². The minimum absolute atomic E-state index is 0.692. The summed E-state index contributed by atoms with van der Waals surface area (Å²) in [6.45, 7) is 0. The molecule has 9 aromatic carbocycles. The number of rotatable bonds is 5. The smallest absolute Gasteiger partial charge is 0.160 e. The molecule has 0 unspecified atom stereocenters. The zero-order valence-electron chi connectivity index (χ0n) is 30.4. The van der Waals surface area contributed by atoms with E-state index in [1.807, 2.05) is 0 Å². The molecule has 11 aromatic rings. The second kappa shape index (κ2) is 13.1. The summed E-state index contributed by atoms with van der Waals surface area (Å²) in [6.07, 6.45) is 0. The summed E-state index contributed by atoms with van der Waals surface area (Å²) in [7, 11) is 0. The summed E-state index contributed by atoms with van der Waals surface area (Å²) < 4.78 is 0. The molecule has 0 atom stereocenters. The summed E-state index contributed by atoms with van der Waals surface area (Å²) in [5, 5.41) is 10.7. The Bertz CT molecular complexity index is 3190. The van der Waals surface area contributed by atoms with Gasteiger partial charge in [0, 0.05) is 38.4 Å². The fourth-order valence-corrected chi connectivity index (χ4v) is 8.35. The summed E-state index contributed by atoms with van der Waals surface area (Å²) >= 11 is 0. The fourth-order valence-electron chi connectivity index (χ4n) is 8.35. The third kappa shape index (κ3) is 5.40. The van der Waals surface area contributed by atoms with Crippen LogP contribution in [-0.2, 0) is 0 Å². The van der Waals surface area contributed by atoms with E-state index in [2.05, 4.69) is 200 Å². The van der Waals surface area contributed by atoms with Crippen LogP contribution < -0.4 is 0 Å². The van der Waals surface area contributed by atoms with Crippen molar-refractivity contribution in [3.05, 3.63) is 200 Å². The number of para-hydroxylation sites is 1. The minimum Gasteiger partial charge on any atom is -0.247 e. The van der Waals surface area contributed by atoms with Crippen LogP contribution in [0.15, 0.2) is 200 Å². The Morgan fingerprint density at radius 3 is 1.48 bits per heavy atom. The van der Waals surface area contributed by atoms with Crippen molar-refractivity contribution in [2.45, 2.75) is 0 Å². The van der Waals surface area contributed by atoms with Crippen molar-refractivity contribution in [2.75, 3.05) is 0 Å². The maximum absolute atomic E-state index is 5.26. The van der Waals surface area contributed by atoms with Crippen LogP contribution in [0.1, 0.15) is 0 Å². The van der Waals surface area contributed by atoms with Gasteiger partial charge in [0.15, 0.2) is 5.82 Å². The average Bonchev–Trinajstić information content (AvgIpc) is 3.28. The van der Waals surface area contributed by atoms with E-state index in [-0.39, 0.29) is 0 Å². The number of hydrogen-bond donors (Lipinski definition) is 0. The fraction of sp³-hybridized carbons (Fsp3) is 0. The van der Waals surface area contributed by atoms with Crippen molar-refractivity contribution < 1.29 is 0 Å². The van der Waals surface area contributed by atoms with Gasteiger partial charge in [-0.05, 0) is 61.6 Å². The number of fused-ring (bicyclic) bond motifs is 7. The molecular weight excluding hydrogens is 679 g/mol. The highest BCUT2D eigenvalue weighted by Gasteiger charge is 2.16. The Morgan fingerprint density at radius 2 is 0.804 bits per heavy atom. The van der Waals surface area contributed by atoms with Crippen LogP contribution in [0, 0.1) is 0 Å². The molecule has 0 bridgehead atoms. The number of benzene rings is 9. The molecule has 0 amide bonds. The van der Waals surface area contributed by atoms with Crippen LogP contribution in [0.3, 0.4) is 0 Å². The van der Waals surface area contributed by atoms with Gasteiger partial charge in [-0.1, -0.05) is 182 Å². The molecule has 2 heterocycles. The third-order valence-electron chi connectivity index (χ3n) is 11.1. The molecule has 0 fully saturated rings. The Labute approximate surface area is 324 Å². The number of hydrogen-bond acceptors (Lipinski definition) is 3. The van der Waals surface area contributed by atoms with Crippen LogP contribution in [0.4, 0.5) is 0 Å². The largest absolute Gasteiger partial charge is 0.247 e. The monoisotopic (exact) mass is 711 g/mol. The maximum Gasteiger partial charge on any atom is 0.160 e. The molecule has 0 saturated carbocycles. The van der Waals surface area contributed by atoms with Gasteiger partial charge in [0.1, 0.15) is 0 Å². The van der Waals surface area contributed by atoms with Crippen molar-refractivity contribution in [2.24, 2.45) is 0 Å². The van der Waals surface area contributed by atoms with Gasteiger partial charge >= 0.3 is 0 Å². The van der Waals surface area contributed by atoms with Crippen LogP contribution in [0.2, 0.25) is 0 Å². The summed E-state index contributed by atoms with van der Waals surface area (Å²) in [5.74, 6) is 0.692. The quantitative estimate of drug-likeness (QED) is 0.167. The molecular formula is C53H33N3. The third-order valence-corrected chi connectivity index (χ3v) is 11.1. The van der Waals surface area contributed by atoms with Crippen LogP contribution in [0.25, 0.3) is 110 Å². The van der Waals surface area contributed by atoms with E-state index in [1.165, 1.54) is 43.1 Å². The molecule has 0 saturated heterocycles. The van der Waals surface area contributed by atoms with Gasteiger partial charge in [0.2, 0.25) is 0 Å². The van der Waals surface area contributed by atoms with Gasteiger partial charge < -0.3 is 0 Å². The molecule has 0 radical (unpaired) electrons. The topological polar surface area (TPSA) is 38.7 Å². The van der Waals surface area contributed by atoms with Crippen molar-refractivity contribution in [1.82, 2.24) is 15.0 Å². The highest BCUT2D eigenvalue weighted by Crippen LogP contribution is 2.39. The zero-order chi connectivity index (χ0) is 37.0. The first-order valence-electron chi connectivity index (χ1n) is 19.0. The summed E-state index contributed by atoms with van der Waals surface area (Å²) in [4.78, 5) is 15.7. The lowest BCUT2D eigenvalue weighted by atomic mass is 9.94. The molecule has 0 spiro atoms. The van der Waals surface area contributed by atoms with E-state index in [9.17, 15) is 0 Å². The predicted octanol–water partition coefficient (Wildman–Crippen LogP) is 14.0. The van der Waals surface area contributed by atoms with Crippen molar-refractivity contribution in [3.63, 3.8) is 0 Å². The lowest BCUT2D eigenvalue weighted by Crippen LogP contribution is -1.97. The summed E-state index contributed by atoms with van der Waals surface area (Å²) in [5.41, 5.74) is 10.2. The predicted molar refractivity (Wildman–Crippen MR) is 235 cm³/mol. The first-order chi connectivity index (χ1) is 27.7. The molecule has 3 heteroatoms. The van der Waals surface area contributed by atoms with E-state index in [1.54, 1.807) is 0 Å². The van der Waals surface area contributed by atoms with Gasteiger partial charge in [-0.2, -0.15) is 0 Å². The second-order valence-corrected chi connectivity index (χ2v) is 14.4. The highest BCUT2D eigenvalue weighted by atomic mass is 14.9. The summed E-state index contributed by atoms with van der Waals surface area (Å²) in [6, 6.07) is 70.9. The Balaban J connectivity index is 1.03. The normalized spacial score (nSPS) is 11.6. The van der Waals surface area contributed by atoms with E-state index < -0.39 is 0 Å². The van der Waals surface area contributed by atoms with E-state index in [4.69, 9.17) is 15.0 Å². The molecule has 0 aliphatic carbocycles. The van der Waals surface area contributed by atoms with Crippen molar-refractivity contribution >= 4 is 54.0 Å². The lowest BCUT2D eigenvalue weighted by Gasteiger charge is -2.14. The molecule has 0 aliphatic rings. The number of nitrogens with zero attached hydrogens (tertiary/aromatic N) is 3. The Morgan fingerprint density at radius 1 is 0.286 bits per heavy atom. The van der Waals surface area contributed by atoms with E-state index >= 15 is 0 Å². The Kier molecular flexibility index (Phi) is 7.49. The highest BCUT2D eigenvalue weighted by molar-refractivity contribution is 6.22. The number of pyridine rings is 1. The molecule has 56 heavy (non-hydrogen) atoms. The first kappa shape index (κ1) is 32.0. The molecule has 260 valence electrons. The van der Waals surface area contributed by atoms with Gasteiger partial charge in [0.05, 0.1) is 22.6 Å². The molecule has 0 aliphatic heterocycles. The van der Waals surface area contributed by atoms with Crippen LogP contribution >= 0.6 is 0 Å². The second-order valence-electron chi connectivity index (χ2n) is 14.4. The SMILES string of the molecule is c1cc(-c2ccc(-c3nc(-c4cccc5ccccc45)cc(-c4cccc5ccccc45)n3)cc2)cc(-c2nc3ccccc3c3c2ccc2ccccc23)c1. The van der Waals surface area contributed by atoms with E-state index in [0.717, 1.165) is 61.4 Å². The minimum atomic E-state index is 0.692. The standard InChI is InChI=1S/C53H33N3/c1-4-19-41-35(12-1)15-10-23-44(41)49-33-50(45-24-11-16-36-13-2-5-20-42(36)45)56-53(55-49)38-28-26-34(27-29-38)39-17-9-18-40(32-39)52-47-31-30-37-14-3-6-21-43(37)51(47)46-22-7-8-25-48(46)54-52/h1-33H. The maximum atomic E-state index is 5.26. The van der Waals surface area contributed by atoms with Gasteiger partial charge in [-0.15, -0.1) is 0 Å². The van der Waals surface area contributed by atoms with Crippen molar-refractivity contribution in [1.29, 1.82) is 0 Å². The van der Waals surface area contributed by atoms with Crippen molar-refractivity contribution in [3.8, 4) is 56.3 Å². The lowest BCUT2D eigenvalue weighted by molar-refractivity contribution is 1.19. The van der Waals surface area contributed by atoms with Gasteiger partial charge in [0.25, 0.3) is 0 Å². The molecule has 2 aromatic heterocycles. The van der Waals surface area contributed by atoms with Gasteiger partial charge in [-0.3, -0.25) is 0 Å². The zero-order valence-corrected chi connectivity index (χ0v) is 30.4.